The summed E-state index contributed by atoms with van der Waals surface area (Å²) in [5.74, 6) is 0.879. The number of carbonyl (C=O) groups is 1. The zero-order chi connectivity index (χ0) is 10.0. The van der Waals surface area contributed by atoms with Gasteiger partial charge in [0.2, 0.25) is 5.78 Å². The summed E-state index contributed by atoms with van der Waals surface area (Å²) < 4.78 is 5.34. The van der Waals surface area contributed by atoms with E-state index in [1.54, 1.807) is 0 Å². The van der Waals surface area contributed by atoms with Gasteiger partial charge in [0.25, 0.3) is 0 Å². The van der Waals surface area contributed by atoms with Crippen LogP contribution in [-0.2, 0) is 9.53 Å². The van der Waals surface area contributed by atoms with Gasteiger partial charge >= 0.3 is 0 Å². The van der Waals surface area contributed by atoms with Gasteiger partial charge in [-0.05, 0) is 18.9 Å². The van der Waals surface area contributed by atoms with Gasteiger partial charge in [0.1, 0.15) is 0 Å². The van der Waals surface area contributed by atoms with Crippen molar-refractivity contribution in [3.05, 3.63) is 11.8 Å². The first-order valence-electron chi connectivity index (χ1n) is 5.60. The summed E-state index contributed by atoms with van der Waals surface area (Å²) in [4.78, 5) is 12.1. The summed E-state index contributed by atoms with van der Waals surface area (Å²) in [5.41, 5.74) is -0.131. The Bertz CT molecular complexity index is 259. The van der Waals surface area contributed by atoms with Gasteiger partial charge in [-0.3, -0.25) is 4.79 Å². The molecule has 0 aromatic heterocycles. The van der Waals surface area contributed by atoms with Crippen LogP contribution in [0.5, 0.6) is 0 Å². The lowest BCUT2D eigenvalue weighted by molar-refractivity contribution is -0.128. The van der Waals surface area contributed by atoms with E-state index in [4.69, 9.17) is 4.74 Å². The molecule has 1 aliphatic heterocycles. The molecule has 0 bridgehead atoms. The highest BCUT2D eigenvalue weighted by Crippen LogP contribution is 2.39. The molecule has 0 radical (unpaired) electrons. The number of allylic oxidation sites excluding steroid dienone is 1. The molecule has 0 spiro atoms. The number of ether oxygens (including phenoxy) is 1. The van der Waals surface area contributed by atoms with Crippen LogP contribution in [0.4, 0.5) is 0 Å². The first-order chi connectivity index (χ1) is 6.72. The maximum Gasteiger partial charge on any atom is 0.202 e. The van der Waals surface area contributed by atoms with Crippen LogP contribution in [0, 0.1) is 5.41 Å². The molecule has 0 aromatic carbocycles. The van der Waals surface area contributed by atoms with Crippen LogP contribution in [0.2, 0.25) is 0 Å². The molecular weight excluding hydrogens is 176 g/mol. The van der Waals surface area contributed by atoms with Crippen molar-refractivity contribution >= 4 is 5.78 Å². The van der Waals surface area contributed by atoms with E-state index in [-0.39, 0.29) is 11.2 Å². The molecular formula is C12H18O2. The van der Waals surface area contributed by atoms with Crippen LogP contribution in [0.3, 0.4) is 0 Å². The van der Waals surface area contributed by atoms with Gasteiger partial charge in [-0.1, -0.05) is 26.2 Å². The molecule has 0 amide bonds. The highest BCUT2D eigenvalue weighted by molar-refractivity contribution is 5.98. The average Bonchev–Trinajstić information content (AvgIpc) is 2.70. The Kier molecular flexibility index (Phi) is 2.62. The number of ketones is 1. The lowest BCUT2D eigenvalue weighted by atomic mass is 9.72. The minimum Gasteiger partial charge on any atom is -0.490 e. The van der Waals surface area contributed by atoms with Gasteiger partial charge < -0.3 is 4.74 Å². The van der Waals surface area contributed by atoms with E-state index in [1.165, 1.54) is 19.3 Å². The molecule has 0 saturated heterocycles. The lowest BCUT2D eigenvalue weighted by Gasteiger charge is -2.31. The number of rotatable bonds is 2. The molecule has 1 fully saturated rings. The molecule has 0 atom stereocenters. The highest BCUT2D eigenvalue weighted by Gasteiger charge is 2.37. The third-order valence-corrected chi connectivity index (χ3v) is 3.43. The van der Waals surface area contributed by atoms with Gasteiger partial charge in [-0.2, -0.15) is 0 Å². The Labute approximate surface area is 85.3 Å². The Hall–Kier alpha value is -0.790. The fraction of sp³-hybridized carbons (Fsp3) is 0.750. The summed E-state index contributed by atoms with van der Waals surface area (Å²) in [7, 11) is 0. The molecule has 14 heavy (non-hydrogen) atoms. The maximum absolute atomic E-state index is 12.1. The van der Waals surface area contributed by atoms with Crippen molar-refractivity contribution in [3.8, 4) is 0 Å². The Balaban J connectivity index is 2.08. The van der Waals surface area contributed by atoms with Crippen LogP contribution in [0.15, 0.2) is 11.8 Å². The Morgan fingerprint density at radius 1 is 1.36 bits per heavy atom. The maximum atomic E-state index is 12.1. The topological polar surface area (TPSA) is 26.3 Å². The molecule has 1 heterocycles. The highest BCUT2D eigenvalue weighted by atomic mass is 16.5. The lowest BCUT2D eigenvalue weighted by Crippen LogP contribution is -2.31. The molecule has 0 aromatic rings. The first-order valence-corrected chi connectivity index (χ1v) is 5.60. The predicted octanol–water partition coefficient (Wildman–Crippen LogP) is 2.83. The molecule has 1 saturated carbocycles. The molecule has 78 valence electrons. The number of hydrogen-bond acceptors (Lipinski definition) is 2. The Morgan fingerprint density at radius 2 is 2.07 bits per heavy atom. The van der Waals surface area contributed by atoms with E-state index in [0.29, 0.717) is 12.4 Å². The zero-order valence-corrected chi connectivity index (χ0v) is 8.84. The Morgan fingerprint density at radius 3 is 2.64 bits per heavy atom. The van der Waals surface area contributed by atoms with E-state index >= 15 is 0 Å². The third-order valence-electron chi connectivity index (χ3n) is 3.43. The molecule has 2 aliphatic rings. The van der Waals surface area contributed by atoms with E-state index in [1.807, 2.05) is 6.08 Å². The minimum atomic E-state index is -0.131. The van der Waals surface area contributed by atoms with E-state index in [2.05, 4.69) is 6.92 Å². The largest absolute Gasteiger partial charge is 0.490 e. The normalized spacial score (nSPS) is 25.4. The van der Waals surface area contributed by atoms with E-state index < -0.39 is 0 Å². The summed E-state index contributed by atoms with van der Waals surface area (Å²) in [6, 6.07) is 0. The molecule has 2 rings (SSSR count). The van der Waals surface area contributed by atoms with Crippen LogP contribution in [-0.4, -0.2) is 12.4 Å². The van der Waals surface area contributed by atoms with Gasteiger partial charge in [-0.15, -0.1) is 0 Å². The monoisotopic (exact) mass is 194 g/mol. The summed E-state index contributed by atoms with van der Waals surface area (Å²) in [6.07, 6.45) is 8.58. The van der Waals surface area contributed by atoms with E-state index in [0.717, 1.165) is 19.3 Å². The molecule has 1 aliphatic carbocycles. The number of Topliss-reactive ketones (excluding diaryl/α,β-unsaturated/α-hetero) is 1. The second kappa shape index (κ2) is 3.76. The molecule has 2 nitrogen and oxygen atoms in total. The van der Waals surface area contributed by atoms with Crippen LogP contribution >= 0.6 is 0 Å². The predicted molar refractivity (Wildman–Crippen MR) is 54.9 cm³/mol. The zero-order valence-electron chi connectivity index (χ0n) is 8.84. The van der Waals surface area contributed by atoms with Crippen molar-refractivity contribution in [2.45, 2.75) is 45.4 Å². The number of hydrogen-bond donors (Lipinski definition) is 0. The second-order valence-corrected chi connectivity index (χ2v) is 4.66. The SMILES string of the molecule is CC1(C(=O)C2=CCCO2)CCCCC1. The van der Waals surface area contributed by atoms with Gasteiger partial charge in [0, 0.05) is 11.8 Å². The van der Waals surface area contributed by atoms with Crippen molar-refractivity contribution in [1.29, 1.82) is 0 Å². The minimum absolute atomic E-state index is 0.131. The standard InChI is InChI=1S/C12H18O2/c1-12(7-3-2-4-8-12)11(13)10-6-5-9-14-10/h6H,2-5,7-9H2,1H3. The fourth-order valence-corrected chi connectivity index (χ4v) is 2.43. The van der Waals surface area contributed by atoms with E-state index in [9.17, 15) is 4.79 Å². The summed E-state index contributed by atoms with van der Waals surface area (Å²) in [6.45, 7) is 2.79. The second-order valence-electron chi connectivity index (χ2n) is 4.66. The molecule has 0 unspecified atom stereocenters. The quantitative estimate of drug-likeness (QED) is 0.675. The number of carbonyl (C=O) groups excluding carboxylic acids is 1. The summed E-state index contributed by atoms with van der Waals surface area (Å²) >= 11 is 0. The van der Waals surface area contributed by atoms with Crippen LogP contribution in [0.1, 0.15) is 45.4 Å². The van der Waals surface area contributed by atoms with Gasteiger partial charge in [0.15, 0.2) is 5.76 Å². The average molecular weight is 194 g/mol. The van der Waals surface area contributed by atoms with Gasteiger partial charge in [0.05, 0.1) is 6.61 Å². The summed E-state index contributed by atoms with van der Waals surface area (Å²) in [5, 5.41) is 0. The van der Waals surface area contributed by atoms with Crippen LogP contribution in [0.25, 0.3) is 0 Å². The third kappa shape index (κ3) is 1.70. The molecule has 0 N–H and O–H groups in total. The molecule has 2 heteroatoms. The van der Waals surface area contributed by atoms with Crippen molar-refractivity contribution < 1.29 is 9.53 Å². The van der Waals surface area contributed by atoms with Crippen molar-refractivity contribution in [2.75, 3.05) is 6.61 Å². The van der Waals surface area contributed by atoms with Crippen LogP contribution < -0.4 is 0 Å². The van der Waals surface area contributed by atoms with Crippen molar-refractivity contribution in [3.63, 3.8) is 0 Å². The first kappa shape index (κ1) is 9.75. The fourth-order valence-electron chi connectivity index (χ4n) is 2.43. The van der Waals surface area contributed by atoms with Crippen molar-refractivity contribution in [2.24, 2.45) is 5.41 Å². The van der Waals surface area contributed by atoms with Crippen molar-refractivity contribution in [1.82, 2.24) is 0 Å². The van der Waals surface area contributed by atoms with Gasteiger partial charge in [-0.25, -0.2) is 0 Å². The smallest absolute Gasteiger partial charge is 0.202 e.